The van der Waals surface area contributed by atoms with Gasteiger partial charge in [-0.2, -0.15) is 5.10 Å². The first-order valence-corrected chi connectivity index (χ1v) is 8.16. The summed E-state index contributed by atoms with van der Waals surface area (Å²) in [7, 11) is 0. The highest BCUT2D eigenvalue weighted by Crippen LogP contribution is 2.29. The van der Waals surface area contributed by atoms with E-state index in [2.05, 4.69) is 10.4 Å². The van der Waals surface area contributed by atoms with Gasteiger partial charge in [-0.3, -0.25) is 4.79 Å². The van der Waals surface area contributed by atoms with E-state index < -0.39 is 23.4 Å². The van der Waals surface area contributed by atoms with Gasteiger partial charge in [0.1, 0.15) is 23.1 Å². The number of hydrogen-bond donors (Lipinski definition) is 1. The molecule has 4 nitrogen and oxygen atoms in total. The highest BCUT2D eigenvalue weighted by Gasteiger charge is 2.28. The summed E-state index contributed by atoms with van der Waals surface area (Å²) in [5.74, 6) is -2.65. The number of amides is 1. The first-order chi connectivity index (χ1) is 12.5. The molecule has 4 rings (SSSR count). The molecule has 1 amide bonds. The molecule has 1 heterocycles. The molecule has 7 heteroatoms. The molecule has 0 atom stereocenters. The van der Waals surface area contributed by atoms with E-state index in [0.29, 0.717) is 18.9 Å². The Morgan fingerprint density at radius 3 is 2.62 bits per heavy atom. The Bertz CT molecular complexity index is 1010. The number of nitrogens with zero attached hydrogens (tertiary/aromatic N) is 2. The predicted molar refractivity (Wildman–Crippen MR) is 89.9 cm³/mol. The zero-order valence-electron chi connectivity index (χ0n) is 13.6. The monoisotopic (exact) mass is 357 g/mol. The minimum absolute atomic E-state index is 0.129. The van der Waals surface area contributed by atoms with Gasteiger partial charge in [-0.05, 0) is 43.5 Å². The number of hydrogen-bond acceptors (Lipinski definition) is 2. The molecule has 0 unspecified atom stereocenters. The largest absolute Gasteiger partial charge is 0.318 e. The lowest BCUT2D eigenvalue weighted by atomic mass is 10.2. The summed E-state index contributed by atoms with van der Waals surface area (Å²) >= 11 is 0. The van der Waals surface area contributed by atoms with E-state index in [1.807, 2.05) is 0 Å². The Labute approximate surface area is 147 Å². The maximum Gasteiger partial charge on any atom is 0.276 e. The minimum Gasteiger partial charge on any atom is -0.318 e. The number of fused-ring (bicyclic) bond motifs is 1. The van der Waals surface area contributed by atoms with Crippen molar-refractivity contribution in [2.75, 3.05) is 5.32 Å². The number of halogens is 3. The van der Waals surface area contributed by atoms with E-state index in [4.69, 9.17) is 0 Å². The van der Waals surface area contributed by atoms with Crippen LogP contribution in [0.25, 0.3) is 5.69 Å². The van der Waals surface area contributed by atoms with Crippen LogP contribution in [0.1, 0.15) is 28.2 Å². The van der Waals surface area contributed by atoms with Crippen molar-refractivity contribution in [3.63, 3.8) is 0 Å². The summed E-state index contributed by atoms with van der Waals surface area (Å²) in [5.41, 5.74) is 1.76. The third kappa shape index (κ3) is 2.75. The van der Waals surface area contributed by atoms with Gasteiger partial charge in [-0.25, -0.2) is 17.9 Å². The summed E-state index contributed by atoms with van der Waals surface area (Å²) in [6.45, 7) is 0. The number of anilines is 1. The number of benzene rings is 2. The molecular weight excluding hydrogens is 343 g/mol. The molecule has 0 saturated carbocycles. The van der Waals surface area contributed by atoms with Gasteiger partial charge < -0.3 is 5.32 Å². The summed E-state index contributed by atoms with van der Waals surface area (Å²) in [4.78, 5) is 12.6. The molecular formula is C19H14F3N3O. The van der Waals surface area contributed by atoms with Gasteiger partial charge in [0.05, 0.1) is 5.69 Å². The molecule has 132 valence electrons. The van der Waals surface area contributed by atoms with E-state index in [9.17, 15) is 18.0 Å². The summed E-state index contributed by atoms with van der Waals surface area (Å²) in [6.07, 6.45) is 2.14. The van der Waals surface area contributed by atoms with Crippen LogP contribution in [0.3, 0.4) is 0 Å². The second-order valence-electron chi connectivity index (χ2n) is 6.07. The van der Waals surface area contributed by atoms with Gasteiger partial charge in [-0.15, -0.1) is 0 Å². The quantitative estimate of drug-likeness (QED) is 0.769. The van der Waals surface area contributed by atoms with Crippen LogP contribution in [-0.4, -0.2) is 15.7 Å². The second kappa shape index (κ2) is 6.33. The van der Waals surface area contributed by atoms with Gasteiger partial charge in [0.2, 0.25) is 0 Å². The number of nitrogens with one attached hydrogen (secondary N) is 1. The molecule has 1 aromatic heterocycles. The Kier molecular flexibility index (Phi) is 3.99. The van der Waals surface area contributed by atoms with Crippen molar-refractivity contribution in [3.8, 4) is 5.69 Å². The number of aromatic nitrogens is 2. The maximum absolute atomic E-state index is 14.1. The van der Waals surface area contributed by atoms with Crippen LogP contribution in [0, 0.1) is 17.5 Å². The topological polar surface area (TPSA) is 46.9 Å². The first-order valence-electron chi connectivity index (χ1n) is 8.16. The molecule has 0 bridgehead atoms. The van der Waals surface area contributed by atoms with Gasteiger partial charge >= 0.3 is 0 Å². The van der Waals surface area contributed by atoms with Crippen LogP contribution in [-0.2, 0) is 12.8 Å². The molecule has 0 spiro atoms. The summed E-state index contributed by atoms with van der Waals surface area (Å²) in [5, 5.41) is 6.69. The molecule has 0 aliphatic heterocycles. The normalized spacial score (nSPS) is 12.9. The van der Waals surface area contributed by atoms with Crippen molar-refractivity contribution >= 4 is 11.6 Å². The number of carbonyl (C=O) groups excluding carboxylic acids is 1. The fourth-order valence-corrected chi connectivity index (χ4v) is 3.21. The van der Waals surface area contributed by atoms with E-state index in [1.165, 1.54) is 10.7 Å². The Balaban J connectivity index is 1.72. The second-order valence-corrected chi connectivity index (χ2v) is 6.07. The van der Waals surface area contributed by atoms with Crippen LogP contribution in [0.15, 0.2) is 42.5 Å². The molecule has 3 aromatic rings. The Morgan fingerprint density at radius 2 is 1.85 bits per heavy atom. The molecule has 1 aliphatic rings. The lowest BCUT2D eigenvalue weighted by molar-refractivity contribution is 0.102. The van der Waals surface area contributed by atoms with Crippen LogP contribution in [0.4, 0.5) is 18.9 Å². The molecule has 0 radical (unpaired) electrons. The van der Waals surface area contributed by atoms with Crippen molar-refractivity contribution in [2.45, 2.75) is 19.3 Å². The van der Waals surface area contributed by atoms with Gasteiger partial charge in [0.25, 0.3) is 5.91 Å². The average Bonchev–Trinajstić information content (AvgIpc) is 3.20. The third-order valence-electron chi connectivity index (χ3n) is 4.41. The Morgan fingerprint density at radius 1 is 1.04 bits per heavy atom. The van der Waals surface area contributed by atoms with Crippen LogP contribution in [0.2, 0.25) is 0 Å². The zero-order valence-corrected chi connectivity index (χ0v) is 13.6. The average molecular weight is 357 g/mol. The zero-order chi connectivity index (χ0) is 18.3. The van der Waals surface area contributed by atoms with Crippen molar-refractivity contribution in [1.29, 1.82) is 0 Å². The SMILES string of the molecule is O=C(Nc1ccc(F)cc1F)c1nn(-c2ccccc2F)c2c1CCC2. The lowest BCUT2D eigenvalue weighted by Crippen LogP contribution is -2.16. The lowest BCUT2D eigenvalue weighted by Gasteiger charge is -2.07. The number of rotatable bonds is 3. The highest BCUT2D eigenvalue weighted by atomic mass is 19.1. The standard InChI is InChI=1S/C19H14F3N3O/c20-11-8-9-15(14(22)10-11)23-19(26)18-12-4-3-7-16(12)25(24-18)17-6-2-1-5-13(17)21/h1-2,5-6,8-10H,3-4,7H2,(H,23,26). The van der Waals surface area contributed by atoms with E-state index in [-0.39, 0.29) is 17.1 Å². The number of carbonyl (C=O) groups is 1. The molecule has 0 saturated heterocycles. The fraction of sp³-hybridized carbons (Fsp3) is 0.158. The van der Waals surface area contributed by atoms with Gasteiger partial charge in [0.15, 0.2) is 5.69 Å². The smallest absolute Gasteiger partial charge is 0.276 e. The molecule has 0 fully saturated rings. The van der Waals surface area contributed by atoms with E-state index >= 15 is 0 Å². The predicted octanol–water partition coefficient (Wildman–Crippen LogP) is 4.03. The summed E-state index contributed by atoms with van der Waals surface area (Å²) < 4.78 is 42.4. The summed E-state index contributed by atoms with van der Waals surface area (Å²) in [6, 6.07) is 9.08. The van der Waals surface area contributed by atoms with E-state index in [1.54, 1.807) is 18.2 Å². The highest BCUT2D eigenvalue weighted by molar-refractivity contribution is 6.04. The van der Waals surface area contributed by atoms with Crippen LogP contribution < -0.4 is 5.32 Å². The fourth-order valence-electron chi connectivity index (χ4n) is 3.21. The first kappa shape index (κ1) is 16.4. The number of para-hydroxylation sites is 1. The van der Waals surface area contributed by atoms with Crippen molar-refractivity contribution in [3.05, 3.63) is 76.9 Å². The van der Waals surface area contributed by atoms with Gasteiger partial charge in [0, 0.05) is 17.3 Å². The Hall–Kier alpha value is -3.09. The van der Waals surface area contributed by atoms with Crippen molar-refractivity contribution in [2.24, 2.45) is 0 Å². The molecule has 2 aromatic carbocycles. The van der Waals surface area contributed by atoms with Crippen molar-refractivity contribution in [1.82, 2.24) is 9.78 Å². The molecule has 26 heavy (non-hydrogen) atoms. The van der Waals surface area contributed by atoms with Crippen molar-refractivity contribution < 1.29 is 18.0 Å². The van der Waals surface area contributed by atoms with Crippen LogP contribution >= 0.6 is 0 Å². The maximum atomic E-state index is 14.1. The molecule has 1 N–H and O–H groups in total. The van der Waals surface area contributed by atoms with E-state index in [0.717, 1.165) is 29.8 Å². The minimum atomic E-state index is -0.872. The van der Waals surface area contributed by atoms with Crippen LogP contribution in [0.5, 0.6) is 0 Å². The molecule has 1 aliphatic carbocycles. The van der Waals surface area contributed by atoms with Gasteiger partial charge in [-0.1, -0.05) is 12.1 Å². The third-order valence-corrected chi connectivity index (χ3v) is 4.41.